The number of ether oxygens (including phenoxy) is 1. The number of hydrogen-bond donors (Lipinski definition) is 0. The third kappa shape index (κ3) is 5.32. The van der Waals surface area contributed by atoms with E-state index in [0.29, 0.717) is 53.9 Å². The van der Waals surface area contributed by atoms with Gasteiger partial charge in [-0.2, -0.15) is 0 Å². The molecular weight excluding hydrogens is 516 g/mol. The van der Waals surface area contributed by atoms with Crippen molar-refractivity contribution in [2.24, 2.45) is 0 Å². The van der Waals surface area contributed by atoms with Crippen LogP contribution < -0.4 is 10.5 Å². The number of benzene rings is 3. The Kier molecular flexibility index (Phi) is 7.64. The van der Waals surface area contributed by atoms with Crippen molar-refractivity contribution in [3.8, 4) is 0 Å². The van der Waals surface area contributed by atoms with E-state index in [2.05, 4.69) is 0 Å². The number of nitrogens with zero attached hydrogens (tertiary/aromatic N) is 3. The van der Waals surface area contributed by atoms with Crippen LogP contribution in [0.15, 0.2) is 71.5 Å². The van der Waals surface area contributed by atoms with Crippen LogP contribution in [0.5, 0.6) is 0 Å². The maximum atomic E-state index is 14.0. The highest BCUT2D eigenvalue weighted by molar-refractivity contribution is 6.06. The number of esters is 1. The van der Waals surface area contributed by atoms with Crippen LogP contribution in [0.2, 0.25) is 0 Å². The van der Waals surface area contributed by atoms with Crippen LogP contribution in [-0.2, 0) is 11.3 Å². The van der Waals surface area contributed by atoms with Crippen molar-refractivity contribution in [3.05, 3.63) is 111 Å². The summed E-state index contributed by atoms with van der Waals surface area (Å²) in [6.45, 7) is 5.32. The molecule has 0 saturated carbocycles. The lowest BCUT2D eigenvalue weighted by Gasteiger charge is -2.37. The van der Waals surface area contributed by atoms with Crippen molar-refractivity contribution >= 4 is 28.5 Å². The number of amides is 1. The molecule has 0 aliphatic carbocycles. The highest BCUT2D eigenvalue weighted by Gasteiger charge is 2.30. The van der Waals surface area contributed by atoms with E-state index in [1.54, 1.807) is 24.0 Å². The molecule has 7 nitrogen and oxygen atoms in total. The van der Waals surface area contributed by atoms with Gasteiger partial charge in [-0.1, -0.05) is 23.8 Å². The van der Waals surface area contributed by atoms with Gasteiger partial charge in [-0.3, -0.25) is 9.59 Å². The summed E-state index contributed by atoms with van der Waals surface area (Å²) in [5, 5.41) is 0.711. The molecule has 0 bridgehead atoms. The maximum absolute atomic E-state index is 14.0. The van der Waals surface area contributed by atoms with Crippen molar-refractivity contribution in [2.45, 2.75) is 20.4 Å². The van der Waals surface area contributed by atoms with Gasteiger partial charge in [-0.15, -0.1) is 0 Å². The Morgan fingerprint density at radius 3 is 2.12 bits per heavy atom. The quantitative estimate of drug-likeness (QED) is 0.327. The third-order valence-corrected chi connectivity index (χ3v) is 7.10. The largest absolute Gasteiger partial charge is 0.462 e. The second-order valence-corrected chi connectivity index (χ2v) is 9.77. The average Bonchev–Trinajstić information content (AvgIpc) is 2.95. The van der Waals surface area contributed by atoms with E-state index in [-0.39, 0.29) is 30.4 Å². The Balaban J connectivity index is 1.57. The van der Waals surface area contributed by atoms with Gasteiger partial charge in [-0.05, 0) is 67.9 Å². The van der Waals surface area contributed by atoms with E-state index < -0.39 is 17.3 Å². The number of carbonyl (C=O) groups is 2. The second-order valence-electron chi connectivity index (χ2n) is 9.77. The Hall–Kier alpha value is -4.53. The summed E-state index contributed by atoms with van der Waals surface area (Å²) in [6, 6.07) is 17.0. The summed E-state index contributed by atoms with van der Waals surface area (Å²) in [6.07, 6.45) is 0. The molecule has 0 unspecified atom stereocenters. The lowest BCUT2D eigenvalue weighted by Crippen LogP contribution is -2.49. The zero-order chi connectivity index (χ0) is 28.4. The van der Waals surface area contributed by atoms with Crippen molar-refractivity contribution in [1.82, 2.24) is 9.47 Å². The number of anilines is 1. The summed E-state index contributed by atoms with van der Waals surface area (Å²) >= 11 is 0. The SMILES string of the molecule is CCOC(=O)c1c(N2CCN(C(=O)c3ccc(F)cc3)CC2)c2cc(C)ccc2n(Cc2ccc(F)cc2)c1=O. The molecule has 1 saturated heterocycles. The molecule has 1 aliphatic rings. The summed E-state index contributed by atoms with van der Waals surface area (Å²) in [5.41, 5.74) is 2.59. The first-order valence-corrected chi connectivity index (χ1v) is 13.2. The van der Waals surface area contributed by atoms with Crippen LogP contribution in [0.4, 0.5) is 14.5 Å². The highest BCUT2D eigenvalue weighted by Crippen LogP contribution is 2.32. The molecule has 2 heterocycles. The van der Waals surface area contributed by atoms with Gasteiger partial charge in [0.25, 0.3) is 11.5 Å². The van der Waals surface area contributed by atoms with E-state index >= 15 is 0 Å². The van der Waals surface area contributed by atoms with E-state index in [1.807, 2.05) is 30.0 Å². The first kappa shape index (κ1) is 27.1. The molecule has 0 atom stereocenters. The highest BCUT2D eigenvalue weighted by atomic mass is 19.1. The molecule has 206 valence electrons. The molecule has 0 spiro atoms. The van der Waals surface area contributed by atoms with Crippen molar-refractivity contribution < 1.29 is 23.1 Å². The van der Waals surface area contributed by atoms with Gasteiger partial charge in [0.05, 0.1) is 24.4 Å². The standard InChI is InChI=1S/C31H29F2N3O4/c1-3-40-31(39)27-28(34-14-16-35(17-15-34)29(37)22-7-11-24(33)12-8-22)25-18-20(2)4-13-26(25)36(30(27)38)19-21-5-9-23(32)10-6-21/h4-13,18H,3,14-17,19H2,1-2H3. The molecule has 3 aromatic carbocycles. The number of pyridine rings is 1. The van der Waals surface area contributed by atoms with Crippen LogP contribution in [0, 0.1) is 18.6 Å². The summed E-state index contributed by atoms with van der Waals surface area (Å²) < 4.78 is 33.7. The van der Waals surface area contributed by atoms with Crippen LogP contribution in [0.25, 0.3) is 10.9 Å². The molecule has 40 heavy (non-hydrogen) atoms. The fraction of sp³-hybridized carbons (Fsp3) is 0.258. The minimum atomic E-state index is -0.719. The van der Waals surface area contributed by atoms with E-state index in [4.69, 9.17) is 4.74 Å². The predicted molar refractivity (Wildman–Crippen MR) is 149 cm³/mol. The van der Waals surface area contributed by atoms with Crippen LogP contribution in [-0.4, -0.2) is 54.1 Å². The van der Waals surface area contributed by atoms with Gasteiger partial charge in [0.1, 0.15) is 17.2 Å². The number of aromatic nitrogens is 1. The van der Waals surface area contributed by atoms with Crippen molar-refractivity contribution in [2.75, 3.05) is 37.7 Å². The molecule has 5 rings (SSSR count). The fourth-order valence-electron chi connectivity index (χ4n) is 5.11. The Bertz CT molecular complexity index is 1620. The maximum Gasteiger partial charge on any atom is 0.345 e. The van der Waals surface area contributed by atoms with Crippen LogP contribution >= 0.6 is 0 Å². The normalized spacial score (nSPS) is 13.5. The van der Waals surface area contributed by atoms with Crippen molar-refractivity contribution in [1.29, 1.82) is 0 Å². The molecule has 9 heteroatoms. The molecule has 1 aromatic heterocycles. The number of carbonyl (C=O) groups excluding carboxylic acids is 2. The molecule has 1 amide bonds. The number of aryl methyl sites for hydroxylation is 1. The smallest absolute Gasteiger partial charge is 0.345 e. The minimum Gasteiger partial charge on any atom is -0.462 e. The van der Waals surface area contributed by atoms with E-state index in [9.17, 15) is 23.2 Å². The van der Waals surface area contributed by atoms with Gasteiger partial charge >= 0.3 is 5.97 Å². The molecule has 0 N–H and O–H groups in total. The summed E-state index contributed by atoms with van der Waals surface area (Å²) in [7, 11) is 0. The zero-order valence-electron chi connectivity index (χ0n) is 22.3. The predicted octanol–water partition coefficient (Wildman–Crippen LogP) is 4.78. The van der Waals surface area contributed by atoms with Gasteiger partial charge in [0.15, 0.2) is 0 Å². The summed E-state index contributed by atoms with van der Waals surface area (Å²) in [4.78, 5) is 43.9. The monoisotopic (exact) mass is 545 g/mol. The molecular formula is C31H29F2N3O4. The molecule has 1 fully saturated rings. The number of piperazine rings is 1. The molecule has 4 aromatic rings. The number of hydrogen-bond acceptors (Lipinski definition) is 5. The minimum absolute atomic E-state index is 0.0691. The zero-order valence-corrected chi connectivity index (χ0v) is 22.3. The van der Waals surface area contributed by atoms with E-state index in [0.717, 1.165) is 5.56 Å². The van der Waals surface area contributed by atoms with Gasteiger partial charge in [0, 0.05) is 37.1 Å². The van der Waals surface area contributed by atoms with Crippen LogP contribution in [0.3, 0.4) is 0 Å². The number of rotatable bonds is 6. The van der Waals surface area contributed by atoms with Crippen LogP contribution in [0.1, 0.15) is 38.8 Å². The first-order chi connectivity index (χ1) is 19.3. The second kappa shape index (κ2) is 11.3. The summed E-state index contributed by atoms with van der Waals surface area (Å²) in [5.74, 6) is -1.72. The lowest BCUT2D eigenvalue weighted by atomic mass is 10.0. The van der Waals surface area contributed by atoms with Gasteiger partial charge in [0.2, 0.25) is 0 Å². The number of fused-ring (bicyclic) bond motifs is 1. The van der Waals surface area contributed by atoms with E-state index in [1.165, 1.54) is 41.0 Å². The first-order valence-electron chi connectivity index (χ1n) is 13.2. The number of halogens is 2. The molecule has 1 aliphatic heterocycles. The molecule has 0 radical (unpaired) electrons. The Labute approximate surface area is 230 Å². The van der Waals surface area contributed by atoms with Crippen molar-refractivity contribution in [3.63, 3.8) is 0 Å². The van der Waals surface area contributed by atoms with Gasteiger partial charge in [-0.25, -0.2) is 13.6 Å². The fourth-order valence-corrected chi connectivity index (χ4v) is 5.11. The Morgan fingerprint density at radius 2 is 1.50 bits per heavy atom. The lowest BCUT2D eigenvalue weighted by molar-refractivity contribution is 0.0523. The van der Waals surface area contributed by atoms with Gasteiger partial charge < -0.3 is 19.1 Å². The topological polar surface area (TPSA) is 71.8 Å². The Morgan fingerprint density at radius 1 is 0.875 bits per heavy atom. The average molecular weight is 546 g/mol. The third-order valence-electron chi connectivity index (χ3n) is 7.10.